The molecule has 0 fully saturated rings. The Morgan fingerprint density at radius 1 is 1.10 bits per heavy atom. The van der Waals surface area contributed by atoms with Crippen LogP contribution in [0.2, 0.25) is 0 Å². The topological polar surface area (TPSA) is 110 Å². The van der Waals surface area contributed by atoms with E-state index >= 15 is 0 Å². The van der Waals surface area contributed by atoms with E-state index in [0.717, 1.165) is 31.9 Å². The zero-order valence-electron chi connectivity index (χ0n) is 22.0. The van der Waals surface area contributed by atoms with Crippen molar-refractivity contribution in [3.05, 3.63) is 52.0 Å². The maximum Gasteiger partial charge on any atom is 0.243 e. The van der Waals surface area contributed by atoms with Gasteiger partial charge in [0, 0.05) is 38.8 Å². The van der Waals surface area contributed by atoms with E-state index in [1.165, 1.54) is 10.4 Å². The minimum atomic E-state index is -3.73. The zero-order valence-corrected chi connectivity index (χ0v) is 23.7. The van der Waals surface area contributed by atoms with Gasteiger partial charge in [0.05, 0.1) is 33.1 Å². The number of amides is 1. The van der Waals surface area contributed by atoms with Crippen LogP contribution in [-0.4, -0.2) is 88.6 Å². The lowest BCUT2D eigenvalue weighted by Gasteiger charge is -2.27. The lowest BCUT2D eigenvalue weighted by Crippen LogP contribution is -2.40. The molecule has 10 nitrogen and oxygen atoms in total. The van der Waals surface area contributed by atoms with Gasteiger partial charge < -0.3 is 24.4 Å². The van der Waals surface area contributed by atoms with Gasteiger partial charge in [-0.1, -0.05) is 0 Å². The average molecular weight is 571 g/mol. The molecule has 0 aliphatic carbocycles. The number of hydrogen-bond donors (Lipinski definition) is 1. The van der Waals surface area contributed by atoms with E-state index in [2.05, 4.69) is 5.32 Å². The van der Waals surface area contributed by atoms with E-state index < -0.39 is 15.9 Å². The fraction of sp³-hybridized carbons (Fsp3) is 0.407. The number of aryl methyl sites for hydroxylation is 1. The van der Waals surface area contributed by atoms with Crippen LogP contribution < -0.4 is 19.5 Å². The standard InChI is InChI=1S/C27H30N4O6S2/c1-16-29-26-21(8-19(35-3)9-25(26)38-16)22(11-28-2)27(32)30-12-17-14-31(15-18(17)13-30)39(33,34)20-4-5-23-24(10-20)37-7-6-36-23/h4-5,8-10,22,28H,6-7,11-15H2,1-3H3. The van der Waals surface area contributed by atoms with Gasteiger partial charge in [-0.05, 0) is 54.9 Å². The van der Waals surface area contributed by atoms with E-state index in [1.54, 1.807) is 30.6 Å². The maximum atomic E-state index is 13.9. The first-order chi connectivity index (χ1) is 18.8. The number of hydrogen-bond acceptors (Lipinski definition) is 9. The Kier molecular flexibility index (Phi) is 6.74. The Labute approximate surface area is 231 Å². The third-order valence-corrected chi connectivity index (χ3v) is 10.1. The Morgan fingerprint density at radius 2 is 1.82 bits per heavy atom. The second kappa shape index (κ2) is 10.1. The van der Waals surface area contributed by atoms with E-state index in [0.29, 0.717) is 50.1 Å². The first-order valence-electron chi connectivity index (χ1n) is 12.8. The fourth-order valence-electron chi connectivity index (χ4n) is 5.48. The summed E-state index contributed by atoms with van der Waals surface area (Å²) in [6.45, 7) is 4.58. The third kappa shape index (κ3) is 4.65. The van der Waals surface area contributed by atoms with Gasteiger partial charge in [0.25, 0.3) is 0 Å². The highest BCUT2D eigenvalue weighted by molar-refractivity contribution is 7.89. The molecule has 206 valence electrons. The second-order valence-electron chi connectivity index (χ2n) is 9.89. The first-order valence-corrected chi connectivity index (χ1v) is 15.0. The van der Waals surface area contributed by atoms with E-state index in [4.69, 9.17) is 19.2 Å². The SMILES string of the molecule is CNCC(C(=O)N1CC2=C(C1)CN(S(=O)(=O)c1ccc3c(c1)OCCO3)C2)c1cc(OC)cc2sc(C)nc12. The number of aromatic nitrogens is 1. The van der Waals surface area contributed by atoms with Gasteiger partial charge >= 0.3 is 0 Å². The highest BCUT2D eigenvalue weighted by Gasteiger charge is 2.40. The molecule has 1 atom stereocenters. The number of likely N-dealkylation sites (N-methyl/N-ethyl adjacent to an activating group) is 1. The molecule has 0 radical (unpaired) electrons. The van der Waals surface area contributed by atoms with E-state index in [1.807, 2.05) is 31.0 Å². The van der Waals surface area contributed by atoms with Crippen LogP contribution >= 0.6 is 11.3 Å². The molecule has 1 unspecified atom stereocenters. The largest absolute Gasteiger partial charge is 0.497 e. The van der Waals surface area contributed by atoms with E-state index in [9.17, 15) is 13.2 Å². The molecule has 3 aliphatic heterocycles. The van der Waals surface area contributed by atoms with Gasteiger partial charge in [0.2, 0.25) is 15.9 Å². The minimum Gasteiger partial charge on any atom is -0.497 e. The molecule has 1 amide bonds. The van der Waals surface area contributed by atoms with Crippen LogP contribution in [-0.2, 0) is 14.8 Å². The molecule has 1 N–H and O–H groups in total. The number of rotatable bonds is 7. The lowest BCUT2D eigenvalue weighted by molar-refractivity contribution is -0.131. The van der Waals surface area contributed by atoms with Crippen LogP contribution in [0.4, 0.5) is 0 Å². The Hall–Kier alpha value is -3.19. The number of nitrogens with one attached hydrogen (secondary N) is 1. The summed E-state index contributed by atoms with van der Waals surface area (Å²) in [5, 5.41) is 4.09. The van der Waals surface area contributed by atoms with Crippen molar-refractivity contribution in [2.75, 3.05) is 60.1 Å². The van der Waals surface area contributed by atoms with Crippen molar-refractivity contribution < 1.29 is 27.4 Å². The molecule has 0 saturated carbocycles. The summed E-state index contributed by atoms with van der Waals surface area (Å²) < 4.78 is 45.9. The number of methoxy groups -OCH3 is 1. The van der Waals surface area contributed by atoms with Crippen molar-refractivity contribution in [1.82, 2.24) is 19.5 Å². The smallest absolute Gasteiger partial charge is 0.243 e. The number of nitrogens with zero attached hydrogens (tertiary/aromatic N) is 3. The van der Waals surface area contributed by atoms with Crippen molar-refractivity contribution in [1.29, 1.82) is 0 Å². The summed E-state index contributed by atoms with van der Waals surface area (Å²) in [6.07, 6.45) is 0. The molecule has 2 aromatic carbocycles. The second-order valence-corrected chi connectivity index (χ2v) is 13.1. The molecule has 0 spiro atoms. The molecule has 0 saturated heterocycles. The van der Waals surface area contributed by atoms with Crippen molar-refractivity contribution in [2.24, 2.45) is 0 Å². The van der Waals surface area contributed by atoms with E-state index in [-0.39, 0.29) is 23.9 Å². The molecule has 12 heteroatoms. The summed E-state index contributed by atoms with van der Waals surface area (Å²) in [5.74, 6) is 1.22. The number of sulfonamides is 1. The maximum absolute atomic E-state index is 13.9. The van der Waals surface area contributed by atoms with Crippen LogP contribution in [0.5, 0.6) is 17.2 Å². The average Bonchev–Trinajstić information content (AvgIpc) is 3.63. The Morgan fingerprint density at radius 3 is 2.51 bits per heavy atom. The minimum absolute atomic E-state index is 0.0137. The van der Waals surface area contributed by atoms with Crippen molar-refractivity contribution in [3.8, 4) is 17.2 Å². The summed E-state index contributed by atoms with van der Waals surface area (Å²) >= 11 is 1.58. The van der Waals surface area contributed by atoms with Gasteiger partial charge in [0.1, 0.15) is 19.0 Å². The number of ether oxygens (including phenoxy) is 3. The molecule has 4 heterocycles. The molecule has 1 aromatic heterocycles. The normalized spacial score (nSPS) is 18.1. The predicted molar refractivity (Wildman–Crippen MR) is 147 cm³/mol. The van der Waals surface area contributed by atoms with Crippen LogP contribution in [0, 0.1) is 6.92 Å². The van der Waals surface area contributed by atoms with Crippen LogP contribution in [0.15, 0.2) is 46.4 Å². The monoisotopic (exact) mass is 570 g/mol. The van der Waals surface area contributed by atoms with Crippen molar-refractivity contribution >= 4 is 37.5 Å². The van der Waals surface area contributed by atoms with Crippen LogP contribution in [0.1, 0.15) is 16.5 Å². The zero-order chi connectivity index (χ0) is 27.3. The summed E-state index contributed by atoms with van der Waals surface area (Å²) in [7, 11) is -0.283. The highest BCUT2D eigenvalue weighted by atomic mass is 32.2. The third-order valence-electron chi connectivity index (χ3n) is 7.38. The summed E-state index contributed by atoms with van der Waals surface area (Å²) in [5.41, 5.74) is 3.62. The van der Waals surface area contributed by atoms with Crippen LogP contribution in [0.3, 0.4) is 0 Å². The van der Waals surface area contributed by atoms with Gasteiger partial charge in [-0.3, -0.25) is 4.79 Å². The summed E-state index contributed by atoms with van der Waals surface area (Å²) in [6, 6.07) is 8.58. The number of carbonyl (C=O) groups excluding carboxylic acids is 1. The van der Waals surface area contributed by atoms with Gasteiger partial charge in [-0.25, -0.2) is 13.4 Å². The Bertz CT molecular complexity index is 1580. The van der Waals surface area contributed by atoms with Crippen LogP contribution in [0.25, 0.3) is 10.2 Å². The predicted octanol–water partition coefficient (Wildman–Crippen LogP) is 2.53. The summed E-state index contributed by atoms with van der Waals surface area (Å²) in [4.78, 5) is 20.6. The lowest BCUT2D eigenvalue weighted by atomic mass is 9.95. The molecule has 6 rings (SSSR count). The fourth-order valence-corrected chi connectivity index (χ4v) is 7.82. The molecule has 0 bridgehead atoms. The Balaban J connectivity index is 1.19. The molecule has 3 aromatic rings. The number of thiazole rings is 1. The quantitative estimate of drug-likeness (QED) is 0.432. The van der Waals surface area contributed by atoms with Gasteiger partial charge in [0.15, 0.2) is 11.5 Å². The number of fused-ring (bicyclic) bond motifs is 2. The molecule has 39 heavy (non-hydrogen) atoms. The number of benzene rings is 2. The van der Waals surface area contributed by atoms with Crippen molar-refractivity contribution in [2.45, 2.75) is 17.7 Å². The molecular formula is C27H30N4O6S2. The highest BCUT2D eigenvalue weighted by Crippen LogP contribution is 2.38. The number of carbonyl (C=O) groups is 1. The van der Waals surface area contributed by atoms with Crippen molar-refractivity contribution in [3.63, 3.8) is 0 Å². The van der Waals surface area contributed by atoms with Gasteiger partial charge in [-0.15, -0.1) is 11.3 Å². The van der Waals surface area contributed by atoms with Gasteiger partial charge in [-0.2, -0.15) is 4.31 Å². The molecular weight excluding hydrogens is 540 g/mol. The molecule has 3 aliphatic rings. The first kappa shape index (κ1) is 26.1.